The van der Waals surface area contributed by atoms with Gasteiger partial charge < -0.3 is 20.5 Å². The van der Waals surface area contributed by atoms with Crippen LogP contribution in [0.2, 0.25) is 0 Å². The van der Waals surface area contributed by atoms with Gasteiger partial charge in [0.2, 0.25) is 5.91 Å². The van der Waals surface area contributed by atoms with Gasteiger partial charge >= 0.3 is 6.03 Å². The van der Waals surface area contributed by atoms with Crippen molar-refractivity contribution in [3.8, 4) is 0 Å². The highest BCUT2D eigenvalue weighted by atomic mass is 16.2. The van der Waals surface area contributed by atoms with E-state index in [-0.39, 0.29) is 24.5 Å². The van der Waals surface area contributed by atoms with E-state index in [2.05, 4.69) is 30.7 Å². The molecule has 0 spiro atoms. The van der Waals surface area contributed by atoms with Crippen molar-refractivity contribution in [1.29, 1.82) is 0 Å². The van der Waals surface area contributed by atoms with Crippen LogP contribution in [0.15, 0.2) is 0 Å². The van der Waals surface area contributed by atoms with Crippen molar-refractivity contribution in [2.45, 2.75) is 76.8 Å². The van der Waals surface area contributed by atoms with Crippen LogP contribution in [0.3, 0.4) is 0 Å². The first kappa shape index (κ1) is 18.7. The predicted octanol–water partition coefficient (Wildman–Crippen LogP) is 1.30. The molecule has 1 aromatic heterocycles. The molecule has 0 aromatic carbocycles. The molecule has 8 heteroatoms. The molecule has 1 fully saturated rings. The monoisotopic (exact) mass is 362 g/mol. The molecule has 2 heterocycles. The zero-order valence-corrected chi connectivity index (χ0v) is 15.4. The number of fused-ring (bicyclic) bond motifs is 1. The smallest absolute Gasteiger partial charge is 0.315 e. The number of urea groups is 1. The van der Waals surface area contributed by atoms with Crippen LogP contribution >= 0.6 is 0 Å². The summed E-state index contributed by atoms with van der Waals surface area (Å²) < 4.78 is 2.19. The molecular formula is C18H30N6O2. The number of nitrogens with zero attached hydrogens (tertiary/aromatic N) is 3. The minimum Gasteiger partial charge on any atom is -0.354 e. The van der Waals surface area contributed by atoms with Gasteiger partial charge in [-0.3, -0.25) is 4.79 Å². The molecular weight excluding hydrogens is 332 g/mol. The first-order valence-electron chi connectivity index (χ1n) is 9.94. The fraction of sp³-hybridized carbons (Fsp3) is 0.778. The van der Waals surface area contributed by atoms with Crippen molar-refractivity contribution in [3.63, 3.8) is 0 Å². The molecule has 8 nitrogen and oxygen atoms in total. The van der Waals surface area contributed by atoms with E-state index in [0.717, 1.165) is 56.7 Å². The lowest BCUT2D eigenvalue weighted by Gasteiger charge is -2.22. The second-order valence-electron chi connectivity index (χ2n) is 7.26. The van der Waals surface area contributed by atoms with Crippen molar-refractivity contribution < 1.29 is 9.59 Å². The minimum atomic E-state index is -0.255. The van der Waals surface area contributed by atoms with Crippen LogP contribution in [0.4, 0.5) is 4.79 Å². The van der Waals surface area contributed by atoms with Crippen LogP contribution in [0.5, 0.6) is 0 Å². The third-order valence-corrected chi connectivity index (χ3v) is 5.21. The van der Waals surface area contributed by atoms with Crippen molar-refractivity contribution in [1.82, 2.24) is 30.7 Å². The average Bonchev–Trinajstić information content (AvgIpc) is 2.87. The Morgan fingerprint density at radius 1 is 1.00 bits per heavy atom. The molecule has 3 amide bonds. The number of hydrogen-bond donors (Lipinski definition) is 3. The molecule has 144 valence electrons. The first-order valence-corrected chi connectivity index (χ1v) is 9.94. The largest absolute Gasteiger partial charge is 0.354 e. The second kappa shape index (κ2) is 9.54. The van der Waals surface area contributed by atoms with Crippen molar-refractivity contribution in [3.05, 3.63) is 11.6 Å². The van der Waals surface area contributed by atoms with Crippen LogP contribution in [0.1, 0.15) is 63.0 Å². The molecule has 1 aliphatic carbocycles. The van der Waals surface area contributed by atoms with E-state index < -0.39 is 0 Å². The first-order chi connectivity index (χ1) is 12.7. The van der Waals surface area contributed by atoms with Crippen molar-refractivity contribution in [2.24, 2.45) is 0 Å². The molecule has 0 bridgehead atoms. The van der Waals surface area contributed by atoms with E-state index in [9.17, 15) is 9.59 Å². The standard InChI is InChI=1S/C18H30N6O2/c25-17(13-20-18(26)21-14-7-3-1-4-8-14)19-11-10-16-23-22-15-9-5-2-6-12-24(15)16/h14H,1-13H2,(H,19,25)(H2,20,21,26). The number of rotatable bonds is 6. The Kier molecular flexibility index (Phi) is 6.85. The molecule has 3 rings (SSSR count). The summed E-state index contributed by atoms with van der Waals surface area (Å²) in [5.74, 6) is 1.81. The van der Waals surface area contributed by atoms with Crippen molar-refractivity contribution in [2.75, 3.05) is 13.1 Å². The van der Waals surface area contributed by atoms with E-state index in [1.165, 1.54) is 19.3 Å². The predicted molar refractivity (Wildman–Crippen MR) is 97.7 cm³/mol. The summed E-state index contributed by atoms with van der Waals surface area (Å²) in [6.45, 7) is 1.47. The quantitative estimate of drug-likeness (QED) is 0.710. The number of carbonyl (C=O) groups is 2. The van der Waals surface area contributed by atoms with Crippen LogP contribution in [0.25, 0.3) is 0 Å². The molecule has 26 heavy (non-hydrogen) atoms. The lowest BCUT2D eigenvalue weighted by molar-refractivity contribution is -0.120. The Labute approximate surface area is 154 Å². The third-order valence-electron chi connectivity index (χ3n) is 5.21. The Bertz CT molecular complexity index is 609. The fourth-order valence-corrected chi connectivity index (χ4v) is 3.75. The van der Waals surface area contributed by atoms with Crippen LogP contribution in [0, 0.1) is 0 Å². The van der Waals surface area contributed by atoms with Gasteiger partial charge in [-0.15, -0.1) is 10.2 Å². The Hall–Kier alpha value is -2.12. The normalized spacial score (nSPS) is 17.8. The highest BCUT2D eigenvalue weighted by Gasteiger charge is 2.16. The average molecular weight is 362 g/mol. The van der Waals surface area contributed by atoms with Crippen LogP contribution in [-0.2, 0) is 24.2 Å². The topological polar surface area (TPSA) is 101 Å². The fourth-order valence-electron chi connectivity index (χ4n) is 3.75. The minimum absolute atomic E-state index is 0.00348. The summed E-state index contributed by atoms with van der Waals surface area (Å²) in [7, 11) is 0. The van der Waals surface area contributed by atoms with E-state index >= 15 is 0 Å². The lowest BCUT2D eigenvalue weighted by Crippen LogP contribution is -2.46. The molecule has 1 aliphatic heterocycles. The molecule has 0 saturated heterocycles. The zero-order chi connectivity index (χ0) is 18.2. The maximum Gasteiger partial charge on any atom is 0.315 e. The van der Waals surface area contributed by atoms with Gasteiger partial charge in [0, 0.05) is 32.0 Å². The number of aromatic nitrogens is 3. The van der Waals surface area contributed by atoms with Gasteiger partial charge in [-0.1, -0.05) is 25.7 Å². The van der Waals surface area contributed by atoms with Gasteiger partial charge in [0.15, 0.2) is 0 Å². The van der Waals surface area contributed by atoms with Gasteiger partial charge in [-0.05, 0) is 25.7 Å². The molecule has 3 N–H and O–H groups in total. The number of carbonyl (C=O) groups excluding carboxylic acids is 2. The Morgan fingerprint density at radius 3 is 2.65 bits per heavy atom. The van der Waals surface area contributed by atoms with E-state index in [0.29, 0.717) is 13.0 Å². The molecule has 1 aromatic rings. The number of hydrogen-bond acceptors (Lipinski definition) is 4. The van der Waals surface area contributed by atoms with E-state index in [4.69, 9.17) is 0 Å². The highest BCUT2D eigenvalue weighted by Crippen LogP contribution is 2.17. The van der Waals surface area contributed by atoms with Gasteiger partial charge in [-0.2, -0.15) is 0 Å². The SMILES string of the molecule is O=C(CNC(=O)NC1CCCCC1)NCCc1nnc2n1CCCCC2. The molecule has 0 unspecified atom stereocenters. The summed E-state index contributed by atoms with van der Waals surface area (Å²) in [5.41, 5.74) is 0. The maximum absolute atomic E-state index is 11.9. The van der Waals surface area contributed by atoms with Gasteiger partial charge in [-0.25, -0.2) is 4.79 Å². The maximum atomic E-state index is 11.9. The van der Waals surface area contributed by atoms with E-state index in [1.54, 1.807) is 0 Å². The highest BCUT2D eigenvalue weighted by molar-refractivity contribution is 5.83. The van der Waals surface area contributed by atoms with Crippen LogP contribution in [-0.4, -0.2) is 45.8 Å². The zero-order valence-electron chi connectivity index (χ0n) is 15.4. The Balaban J connectivity index is 1.33. The molecule has 0 radical (unpaired) electrons. The third kappa shape index (κ3) is 5.44. The van der Waals surface area contributed by atoms with E-state index in [1.807, 2.05) is 0 Å². The molecule has 2 aliphatic rings. The van der Waals surface area contributed by atoms with Gasteiger partial charge in [0.05, 0.1) is 6.54 Å². The summed E-state index contributed by atoms with van der Waals surface area (Å²) >= 11 is 0. The number of nitrogens with one attached hydrogen (secondary N) is 3. The second-order valence-corrected chi connectivity index (χ2v) is 7.26. The van der Waals surface area contributed by atoms with Crippen molar-refractivity contribution >= 4 is 11.9 Å². The van der Waals surface area contributed by atoms with Gasteiger partial charge in [0.25, 0.3) is 0 Å². The van der Waals surface area contributed by atoms with Gasteiger partial charge in [0.1, 0.15) is 11.6 Å². The number of aryl methyl sites for hydroxylation is 1. The molecule has 0 atom stereocenters. The summed E-state index contributed by atoms with van der Waals surface area (Å²) in [4.78, 5) is 23.8. The summed E-state index contributed by atoms with van der Waals surface area (Å²) in [6, 6.07) is -0.00941. The Morgan fingerprint density at radius 2 is 1.81 bits per heavy atom. The number of amides is 3. The van der Waals surface area contributed by atoms with Crippen LogP contribution < -0.4 is 16.0 Å². The summed E-state index contributed by atoms with van der Waals surface area (Å²) in [6.07, 6.45) is 10.8. The summed E-state index contributed by atoms with van der Waals surface area (Å²) in [5, 5.41) is 16.9. The lowest BCUT2D eigenvalue weighted by atomic mass is 9.96. The molecule has 1 saturated carbocycles.